The van der Waals surface area contributed by atoms with Crippen LogP contribution in [0.25, 0.3) is 11.1 Å². The minimum atomic E-state index is -1.20. The number of carboxylic acid groups (broad SMARTS) is 1. The lowest BCUT2D eigenvalue weighted by Gasteiger charge is -2.40. The number of nitrogens with one attached hydrogen (secondary N) is 3. The van der Waals surface area contributed by atoms with Crippen LogP contribution in [0.15, 0.2) is 116 Å². The molecule has 0 aliphatic carbocycles. The number of halogens is 2. The Kier molecular flexibility index (Phi) is 11.6. The van der Waals surface area contributed by atoms with Crippen LogP contribution < -0.4 is 20.1 Å². The largest absolute Gasteiger partial charge is 0.489 e. The van der Waals surface area contributed by atoms with Crippen LogP contribution >= 0.6 is 23.2 Å². The molecule has 0 spiro atoms. The van der Waals surface area contributed by atoms with E-state index in [1.54, 1.807) is 60.9 Å². The maximum absolute atomic E-state index is 14.2. The highest BCUT2D eigenvalue weighted by Crippen LogP contribution is 2.41. The number of anilines is 1. The second kappa shape index (κ2) is 17.3. The minimum absolute atomic E-state index is 0.0678. The van der Waals surface area contributed by atoms with Gasteiger partial charge in [0.2, 0.25) is 12.0 Å². The van der Waals surface area contributed by atoms with E-state index in [-0.39, 0.29) is 31.4 Å². The molecule has 0 saturated carbocycles. The van der Waals surface area contributed by atoms with Gasteiger partial charge in [-0.25, -0.2) is 9.78 Å². The van der Waals surface area contributed by atoms with Crippen LogP contribution in [0, 0.1) is 11.3 Å². The zero-order valence-electron chi connectivity index (χ0n) is 32.2. The molecule has 60 heavy (non-hydrogen) atoms. The number of carboxylic acids is 1. The van der Waals surface area contributed by atoms with Crippen molar-refractivity contribution in [2.75, 3.05) is 5.32 Å². The number of nitrogens with zero attached hydrogens (tertiary/aromatic N) is 3. The van der Waals surface area contributed by atoms with Gasteiger partial charge in [-0.3, -0.25) is 14.5 Å². The normalized spacial score (nSPS) is 16.9. The van der Waals surface area contributed by atoms with Gasteiger partial charge in [0.1, 0.15) is 30.0 Å². The first-order chi connectivity index (χ1) is 29.0. The summed E-state index contributed by atoms with van der Waals surface area (Å²) in [4.78, 5) is 49.8. The minimum Gasteiger partial charge on any atom is -0.489 e. The lowest BCUT2D eigenvalue weighted by atomic mass is 9.90. The number of aliphatic carboxylic acids is 1. The number of hydrogen-bond donors (Lipinski definition) is 4. The summed E-state index contributed by atoms with van der Waals surface area (Å²) in [5.74, 6) is -0.204. The molecule has 2 aliphatic heterocycles. The molecular weight excluding hydrogens is 803 g/mol. The summed E-state index contributed by atoms with van der Waals surface area (Å²) in [6, 6.07) is 30.6. The van der Waals surface area contributed by atoms with Crippen LogP contribution in [0.3, 0.4) is 0 Å². The van der Waals surface area contributed by atoms with E-state index < -0.39 is 30.1 Å². The van der Waals surface area contributed by atoms with E-state index in [0.29, 0.717) is 50.7 Å². The molecule has 8 rings (SSSR count). The predicted octanol–water partition coefficient (Wildman–Crippen LogP) is 8.21. The third kappa shape index (κ3) is 8.70. The molecule has 0 radical (unpaired) electrons. The second-order valence-electron chi connectivity index (χ2n) is 14.7. The summed E-state index contributed by atoms with van der Waals surface area (Å²) in [6.07, 6.45) is 2.76. The quantitative estimate of drug-likeness (QED) is 0.0949. The number of aromatic nitrogens is 2. The number of hydrogen-bond acceptors (Lipinski definition) is 8. The Morgan fingerprint density at radius 3 is 2.35 bits per heavy atom. The number of aromatic amines is 1. The zero-order chi connectivity index (χ0) is 41.9. The Labute approximate surface area is 355 Å². The summed E-state index contributed by atoms with van der Waals surface area (Å²) in [5.41, 5.74) is 6.84. The van der Waals surface area contributed by atoms with Crippen molar-refractivity contribution >= 4 is 46.7 Å². The Hall–Kier alpha value is -6.65. The third-order valence-electron chi connectivity index (χ3n) is 10.9. The molecule has 302 valence electrons. The van der Waals surface area contributed by atoms with Gasteiger partial charge >= 0.3 is 5.97 Å². The fourth-order valence-electron chi connectivity index (χ4n) is 7.55. The number of fused-ring (bicyclic) bond motifs is 2. The van der Waals surface area contributed by atoms with E-state index in [4.69, 9.17) is 37.9 Å². The Morgan fingerprint density at radius 2 is 1.68 bits per heavy atom. The molecule has 1 aromatic heterocycles. The van der Waals surface area contributed by atoms with Crippen molar-refractivity contribution < 1.29 is 29.0 Å². The van der Waals surface area contributed by atoms with E-state index in [1.807, 2.05) is 66.4 Å². The van der Waals surface area contributed by atoms with E-state index in [9.17, 15) is 19.5 Å². The first-order valence-corrected chi connectivity index (χ1v) is 20.0. The van der Waals surface area contributed by atoms with Crippen molar-refractivity contribution in [3.63, 3.8) is 0 Å². The fourth-order valence-corrected chi connectivity index (χ4v) is 7.87. The van der Waals surface area contributed by atoms with Gasteiger partial charge < -0.3 is 30.2 Å². The van der Waals surface area contributed by atoms with Crippen LogP contribution in [0.5, 0.6) is 11.5 Å². The average Bonchev–Trinajstić information content (AvgIpc) is 3.81. The van der Waals surface area contributed by atoms with Gasteiger partial charge in [0.05, 0.1) is 39.4 Å². The molecule has 4 N–H and O–H groups in total. The summed E-state index contributed by atoms with van der Waals surface area (Å²) in [7, 11) is 0. The maximum Gasteiger partial charge on any atom is 0.326 e. The Balaban J connectivity index is 0.979. The topological polar surface area (TPSA) is 170 Å². The van der Waals surface area contributed by atoms with E-state index in [0.717, 1.165) is 33.4 Å². The van der Waals surface area contributed by atoms with Crippen molar-refractivity contribution in [2.45, 2.75) is 57.1 Å². The third-order valence-corrected chi connectivity index (χ3v) is 11.6. The van der Waals surface area contributed by atoms with Crippen LogP contribution in [-0.4, -0.2) is 49.8 Å². The first kappa shape index (κ1) is 40.1. The van der Waals surface area contributed by atoms with Crippen LogP contribution in [0.2, 0.25) is 10.0 Å². The number of imidazole rings is 1. The maximum atomic E-state index is 14.2. The van der Waals surface area contributed by atoms with Crippen LogP contribution in [-0.2, 0) is 40.4 Å². The lowest BCUT2D eigenvalue weighted by molar-refractivity contribution is -0.143. The molecule has 12 nitrogen and oxygen atoms in total. The van der Waals surface area contributed by atoms with Crippen molar-refractivity contribution in [2.24, 2.45) is 0 Å². The molecule has 0 saturated heterocycles. The summed E-state index contributed by atoms with van der Waals surface area (Å²) >= 11 is 12.2. The molecule has 2 amide bonds. The lowest BCUT2D eigenvalue weighted by Crippen LogP contribution is -2.55. The molecule has 2 unspecified atom stereocenters. The van der Waals surface area contributed by atoms with Crippen molar-refractivity contribution in [1.82, 2.24) is 20.2 Å². The van der Waals surface area contributed by atoms with Gasteiger partial charge in [0.15, 0.2) is 0 Å². The van der Waals surface area contributed by atoms with Crippen molar-refractivity contribution in [3.8, 4) is 28.7 Å². The number of carbonyl (C=O) groups is 3. The van der Waals surface area contributed by atoms with E-state index >= 15 is 0 Å². The highest BCUT2D eigenvalue weighted by Gasteiger charge is 2.39. The van der Waals surface area contributed by atoms with E-state index in [2.05, 4.69) is 26.7 Å². The van der Waals surface area contributed by atoms with Gasteiger partial charge in [-0.2, -0.15) is 5.26 Å². The van der Waals surface area contributed by atoms with Crippen LogP contribution in [0.4, 0.5) is 5.69 Å². The van der Waals surface area contributed by atoms with Crippen molar-refractivity contribution in [1.29, 1.82) is 5.26 Å². The first-order valence-electron chi connectivity index (χ1n) is 19.2. The average molecular weight is 842 g/mol. The molecule has 0 bridgehead atoms. The molecule has 0 fully saturated rings. The molecule has 5 aromatic carbocycles. The van der Waals surface area contributed by atoms with Gasteiger partial charge in [-0.15, -0.1) is 0 Å². The molecule has 2 aliphatic rings. The van der Waals surface area contributed by atoms with Gasteiger partial charge in [-0.05, 0) is 95.3 Å². The number of rotatable bonds is 12. The van der Waals surface area contributed by atoms with E-state index in [1.165, 1.54) is 0 Å². The summed E-state index contributed by atoms with van der Waals surface area (Å²) < 4.78 is 12.3. The Morgan fingerprint density at radius 1 is 0.967 bits per heavy atom. The standard InChI is InChI=1S/C46H38Cl2N6O6/c1-26(43-50-16-17-51-43)54-24-34-22-41-38(52-45(56)42(60-41)32-11-13-35(14-12-32)59-25-29-6-15-36(47)37(48)18-29)20-33(34)21-40(54)44(55)53-39(46(57)58)19-27-2-7-30(8-3-27)31-9-4-28(23-49)5-10-31/h2-18,20,22,26,39-40,42H,19,21,24-25H2,1H3,(H,50,51)(H,52,56)(H,53,55)(H,57,58)/t26?,39?,40-,42-/m0/s1. The predicted molar refractivity (Wildman–Crippen MR) is 226 cm³/mol. The smallest absolute Gasteiger partial charge is 0.326 e. The summed E-state index contributed by atoms with van der Waals surface area (Å²) in [5, 5.41) is 26.1. The zero-order valence-corrected chi connectivity index (χ0v) is 33.7. The highest BCUT2D eigenvalue weighted by atomic mass is 35.5. The number of nitriles is 1. The van der Waals surface area contributed by atoms with Gasteiger partial charge in [0.25, 0.3) is 5.91 Å². The number of ether oxygens (including phenoxy) is 2. The van der Waals surface area contributed by atoms with Crippen LogP contribution in [0.1, 0.15) is 58.3 Å². The SMILES string of the molecule is CC(c1ncc[nH]1)N1Cc2cc3c(cc2C[C@H]1C(=O)NC(Cc1ccc(-c2ccc(C#N)cc2)cc1)C(=O)O)NC(=O)[C@H](c1ccc(OCc2ccc(Cl)c(Cl)c2)cc1)O3. The molecular formula is C46H38Cl2N6O6. The fraction of sp³-hybridized carbons (Fsp3) is 0.196. The number of H-pyrrole nitrogens is 1. The molecule has 4 atom stereocenters. The van der Waals surface area contributed by atoms with Gasteiger partial charge in [-0.1, -0.05) is 77.8 Å². The molecule has 3 heterocycles. The molecule has 14 heteroatoms. The second-order valence-corrected chi connectivity index (χ2v) is 15.6. The number of benzene rings is 5. The molecule has 6 aromatic rings. The van der Waals surface area contributed by atoms with Crippen molar-refractivity contribution in [3.05, 3.63) is 165 Å². The highest BCUT2D eigenvalue weighted by molar-refractivity contribution is 6.42. The number of carbonyl (C=O) groups excluding carboxylic acids is 2. The Bertz CT molecular complexity index is 2600. The monoisotopic (exact) mass is 840 g/mol. The number of amides is 2. The van der Waals surface area contributed by atoms with Gasteiger partial charge in [0, 0.05) is 30.9 Å². The summed E-state index contributed by atoms with van der Waals surface area (Å²) in [6.45, 7) is 2.55.